The normalized spacial score (nSPS) is 12.5. The molecule has 0 aliphatic carbocycles. The maximum Gasteiger partial charge on any atom is 0.129 e. The Kier molecular flexibility index (Phi) is 4.54. The van der Waals surface area contributed by atoms with Crippen LogP contribution in [0.4, 0.5) is 0 Å². The summed E-state index contributed by atoms with van der Waals surface area (Å²) >= 11 is 5.79. The Hall–Kier alpha value is -1.11. The maximum atomic E-state index is 8.58. The standard InChI is InChI=1S/C11H14ClN3/c1-9(6-7-13)15(2)8-10-4-3-5-11(12)14-10/h3-5,9H,6,8H2,1-2H3. The molecule has 1 atom stereocenters. The SMILES string of the molecule is CC(CC#N)N(C)Cc1cccc(Cl)n1. The average Bonchev–Trinajstić information content (AvgIpc) is 2.18. The smallest absolute Gasteiger partial charge is 0.129 e. The van der Waals surface area contributed by atoms with Gasteiger partial charge < -0.3 is 0 Å². The zero-order valence-electron chi connectivity index (χ0n) is 8.94. The van der Waals surface area contributed by atoms with E-state index in [4.69, 9.17) is 16.9 Å². The summed E-state index contributed by atoms with van der Waals surface area (Å²) in [7, 11) is 1.98. The van der Waals surface area contributed by atoms with Crippen LogP contribution in [0.5, 0.6) is 0 Å². The molecule has 1 aromatic rings. The molecule has 3 nitrogen and oxygen atoms in total. The molecular weight excluding hydrogens is 210 g/mol. The molecule has 0 spiro atoms. The molecule has 1 heterocycles. The predicted octanol–water partition coefficient (Wildman–Crippen LogP) is 2.47. The molecule has 0 aromatic carbocycles. The van der Waals surface area contributed by atoms with Gasteiger partial charge in [0.25, 0.3) is 0 Å². The Morgan fingerprint density at radius 2 is 2.33 bits per heavy atom. The fraction of sp³-hybridized carbons (Fsp3) is 0.455. The van der Waals surface area contributed by atoms with E-state index < -0.39 is 0 Å². The van der Waals surface area contributed by atoms with Gasteiger partial charge in [-0.05, 0) is 26.1 Å². The molecular formula is C11H14ClN3. The largest absolute Gasteiger partial charge is 0.297 e. The van der Waals surface area contributed by atoms with Gasteiger partial charge in [0.15, 0.2) is 0 Å². The van der Waals surface area contributed by atoms with Gasteiger partial charge in [0, 0.05) is 12.6 Å². The lowest BCUT2D eigenvalue weighted by Gasteiger charge is -2.21. The number of hydrogen-bond donors (Lipinski definition) is 0. The third-order valence-corrected chi connectivity index (χ3v) is 2.53. The third-order valence-electron chi connectivity index (χ3n) is 2.32. The molecule has 0 fully saturated rings. The van der Waals surface area contributed by atoms with Crippen LogP contribution in [0.15, 0.2) is 18.2 Å². The second-order valence-electron chi connectivity index (χ2n) is 3.58. The van der Waals surface area contributed by atoms with E-state index >= 15 is 0 Å². The van der Waals surface area contributed by atoms with Gasteiger partial charge in [-0.3, -0.25) is 4.90 Å². The summed E-state index contributed by atoms with van der Waals surface area (Å²) in [5, 5.41) is 9.09. The van der Waals surface area contributed by atoms with Crippen molar-refractivity contribution in [3.63, 3.8) is 0 Å². The van der Waals surface area contributed by atoms with Gasteiger partial charge in [-0.25, -0.2) is 4.98 Å². The van der Waals surface area contributed by atoms with Gasteiger partial charge in [0.05, 0.1) is 18.2 Å². The van der Waals surface area contributed by atoms with Gasteiger partial charge in [-0.2, -0.15) is 5.26 Å². The van der Waals surface area contributed by atoms with Crippen molar-refractivity contribution >= 4 is 11.6 Å². The monoisotopic (exact) mass is 223 g/mol. The molecule has 0 saturated heterocycles. The first-order valence-corrected chi connectivity index (χ1v) is 5.20. The van der Waals surface area contributed by atoms with Crippen molar-refractivity contribution in [2.45, 2.75) is 25.9 Å². The van der Waals surface area contributed by atoms with E-state index in [0.29, 0.717) is 18.1 Å². The van der Waals surface area contributed by atoms with Crippen molar-refractivity contribution in [1.82, 2.24) is 9.88 Å². The van der Waals surface area contributed by atoms with Crippen molar-refractivity contribution in [3.8, 4) is 6.07 Å². The van der Waals surface area contributed by atoms with Gasteiger partial charge in [0.2, 0.25) is 0 Å². The molecule has 0 aliphatic rings. The molecule has 4 heteroatoms. The third kappa shape index (κ3) is 3.86. The fourth-order valence-corrected chi connectivity index (χ4v) is 1.42. The fourth-order valence-electron chi connectivity index (χ4n) is 1.24. The lowest BCUT2D eigenvalue weighted by Crippen LogP contribution is -2.28. The van der Waals surface area contributed by atoms with Crippen LogP contribution in [0.25, 0.3) is 0 Å². The Bertz CT molecular complexity index is 359. The first kappa shape index (κ1) is 12.0. The van der Waals surface area contributed by atoms with Crippen LogP contribution in [0.3, 0.4) is 0 Å². The Balaban J connectivity index is 2.58. The zero-order valence-corrected chi connectivity index (χ0v) is 9.70. The van der Waals surface area contributed by atoms with Crippen LogP contribution < -0.4 is 0 Å². The van der Waals surface area contributed by atoms with E-state index in [9.17, 15) is 0 Å². The summed E-state index contributed by atoms with van der Waals surface area (Å²) in [6, 6.07) is 7.96. The first-order valence-electron chi connectivity index (χ1n) is 4.82. The van der Waals surface area contributed by atoms with E-state index in [-0.39, 0.29) is 6.04 Å². The molecule has 0 amide bonds. The van der Waals surface area contributed by atoms with Crippen LogP contribution in [0, 0.1) is 11.3 Å². The molecule has 0 N–H and O–H groups in total. The molecule has 15 heavy (non-hydrogen) atoms. The van der Waals surface area contributed by atoms with Gasteiger partial charge in [0.1, 0.15) is 5.15 Å². The molecule has 0 saturated carbocycles. The predicted molar refractivity (Wildman–Crippen MR) is 60.4 cm³/mol. The highest BCUT2D eigenvalue weighted by atomic mass is 35.5. The number of pyridine rings is 1. The minimum atomic E-state index is 0.232. The van der Waals surface area contributed by atoms with Crippen molar-refractivity contribution in [2.75, 3.05) is 7.05 Å². The number of nitriles is 1. The average molecular weight is 224 g/mol. The number of halogens is 1. The number of aromatic nitrogens is 1. The summed E-state index contributed by atoms with van der Waals surface area (Å²) in [6.45, 7) is 2.73. The Morgan fingerprint density at radius 1 is 1.60 bits per heavy atom. The molecule has 1 rings (SSSR count). The van der Waals surface area contributed by atoms with Crippen LogP contribution in [0.2, 0.25) is 5.15 Å². The quantitative estimate of drug-likeness (QED) is 0.737. The summed E-state index contributed by atoms with van der Waals surface area (Å²) in [6.07, 6.45) is 0.525. The van der Waals surface area contributed by atoms with Gasteiger partial charge in [-0.1, -0.05) is 17.7 Å². The van der Waals surface area contributed by atoms with Crippen molar-refractivity contribution in [2.24, 2.45) is 0 Å². The van der Waals surface area contributed by atoms with Crippen LogP contribution in [-0.2, 0) is 6.54 Å². The number of nitrogens with zero attached hydrogens (tertiary/aromatic N) is 3. The lowest BCUT2D eigenvalue weighted by atomic mass is 10.2. The molecule has 0 radical (unpaired) electrons. The number of hydrogen-bond acceptors (Lipinski definition) is 3. The molecule has 0 aliphatic heterocycles. The summed E-state index contributed by atoms with van der Waals surface area (Å²) in [5.74, 6) is 0. The van der Waals surface area contributed by atoms with Crippen molar-refractivity contribution < 1.29 is 0 Å². The second kappa shape index (κ2) is 5.69. The highest BCUT2D eigenvalue weighted by Gasteiger charge is 2.09. The summed E-state index contributed by atoms with van der Waals surface area (Å²) in [4.78, 5) is 6.28. The first-order chi connectivity index (χ1) is 7.13. The highest BCUT2D eigenvalue weighted by Crippen LogP contribution is 2.09. The summed E-state index contributed by atoms with van der Waals surface area (Å²) < 4.78 is 0. The second-order valence-corrected chi connectivity index (χ2v) is 3.97. The Labute approximate surface area is 95.3 Å². The molecule has 80 valence electrons. The van der Waals surface area contributed by atoms with Gasteiger partial charge in [-0.15, -0.1) is 0 Å². The van der Waals surface area contributed by atoms with E-state index in [1.807, 2.05) is 26.1 Å². The summed E-state index contributed by atoms with van der Waals surface area (Å²) in [5.41, 5.74) is 0.926. The van der Waals surface area contributed by atoms with Crippen LogP contribution >= 0.6 is 11.6 Å². The zero-order chi connectivity index (χ0) is 11.3. The molecule has 1 unspecified atom stereocenters. The van der Waals surface area contributed by atoms with Crippen LogP contribution in [0.1, 0.15) is 19.0 Å². The van der Waals surface area contributed by atoms with E-state index in [1.54, 1.807) is 6.07 Å². The van der Waals surface area contributed by atoms with Crippen molar-refractivity contribution in [1.29, 1.82) is 5.26 Å². The minimum absolute atomic E-state index is 0.232. The lowest BCUT2D eigenvalue weighted by molar-refractivity contribution is 0.249. The maximum absolute atomic E-state index is 8.58. The van der Waals surface area contributed by atoms with E-state index in [2.05, 4.69) is 16.0 Å². The van der Waals surface area contributed by atoms with E-state index in [0.717, 1.165) is 5.69 Å². The van der Waals surface area contributed by atoms with Crippen LogP contribution in [-0.4, -0.2) is 23.0 Å². The van der Waals surface area contributed by atoms with E-state index in [1.165, 1.54) is 0 Å². The Morgan fingerprint density at radius 3 is 2.93 bits per heavy atom. The van der Waals surface area contributed by atoms with Crippen molar-refractivity contribution in [3.05, 3.63) is 29.0 Å². The topological polar surface area (TPSA) is 39.9 Å². The van der Waals surface area contributed by atoms with Gasteiger partial charge >= 0.3 is 0 Å². The minimum Gasteiger partial charge on any atom is -0.297 e. The molecule has 0 bridgehead atoms. The molecule has 1 aromatic heterocycles. The highest BCUT2D eigenvalue weighted by molar-refractivity contribution is 6.29. The number of rotatable bonds is 4.